The highest BCUT2D eigenvalue weighted by Crippen LogP contribution is 2.31. The summed E-state index contributed by atoms with van der Waals surface area (Å²) >= 11 is 7.50. The minimum absolute atomic E-state index is 0.425. The number of aliphatic hydroxyl groups excluding tert-OH is 1. The molecular formula is C14H15ClOS. The van der Waals surface area contributed by atoms with Crippen molar-refractivity contribution in [2.24, 2.45) is 0 Å². The molecular weight excluding hydrogens is 252 g/mol. The second kappa shape index (κ2) is 6.20. The molecule has 0 spiro atoms. The van der Waals surface area contributed by atoms with Gasteiger partial charge in [0.05, 0.1) is 16.0 Å². The van der Waals surface area contributed by atoms with E-state index in [1.165, 1.54) is 16.9 Å². The highest BCUT2D eigenvalue weighted by Gasteiger charge is 2.12. The van der Waals surface area contributed by atoms with Crippen molar-refractivity contribution in [3.8, 4) is 0 Å². The Kier molecular flexibility index (Phi) is 4.60. The topological polar surface area (TPSA) is 20.2 Å². The Morgan fingerprint density at radius 3 is 2.59 bits per heavy atom. The molecule has 0 saturated carbocycles. The molecule has 0 saturated heterocycles. The first-order valence-corrected chi connectivity index (χ1v) is 6.98. The highest BCUT2D eigenvalue weighted by molar-refractivity contribution is 7.10. The first-order valence-electron chi connectivity index (χ1n) is 5.72. The van der Waals surface area contributed by atoms with E-state index in [2.05, 4.69) is 12.1 Å². The summed E-state index contributed by atoms with van der Waals surface area (Å²) in [6.45, 7) is 0. The molecule has 0 bridgehead atoms. The van der Waals surface area contributed by atoms with E-state index < -0.39 is 6.10 Å². The van der Waals surface area contributed by atoms with Crippen molar-refractivity contribution in [1.29, 1.82) is 0 Å². The van der Waals surface area contributed by atoms with Gasteiger partial charge in [-0.1, -0.05) is 41.9 Å². The summed E-state index contributed by atoms with van der Waals surface area (Å²) in [7, 11) is 0. The maximum atomic E-state index is 9.99. The van der Waals surface area contributed by atoms with Gasteiger partial charge in [-0.2, -0.15) is 0 Å². The van der Waals surface area contributed by atoms with E-state index in [1.54, 1.807) is 0 Å². The van der Waals surface area contributed by atoms with Crippen molar-refractivity contribution in [1.82, 2.24) is 0 Å². The van der Waals surface area contributed by atoms with Crippen LogP contribution in [0.15, 0.2) is 41.8 Å². The van der Waals surface area contributed by atoms with Crippen LogP contribution >= 0.6 is 22.9 Å². The second-order valence-electron chi connectivity index (χ2n) is 4.03. The van der Waals surface area contributed by atoms with Gasteiger partial charge in [0.25, 0.3) is 0 Å². The van der Waals surface area contributed by atoms with Crippen LogP contribution in [0.4, 0.5) is 0 Å². The number of thiophene rings is 1. The lowest BCUT2D eigenvalue weighted by atomic mass is 10.1. The van der Waals surface area contributed by atoms with E-state index in [0.717, 1.165) is 24.1 Å². The van der Waals surface area contributed by atoms with Crippen LogP contribution in [0.3, 0.4) is 0 Å². The van der Waals surface area contributed by atoms with Crippen LogP contribution in [0.25, 0.3) is 0 Å². The Labute approximate surface area is 111 Å². The van der Waals surface area contributed by atoms with Crippen molar-refractivity contribution in [2.75, 3.05) is 0 Å². The summed E-state index contributed by atoms with van der Waals surface area (Å²) in [5.74, 6) is 0. The van der Waals surface area contributed by atoms with Crippen LogP contribution < -0.4 is 0 Å². The number of aryl methyl sites for hydroxylation is 1. The quantitative estimate of drug-likeness (QED) is 0.847. The number of halogens is 1. The van der Waals surface area contributed by atoms with E-state index >= 15 is 0 Å². The summed E-state index contributed by atoms with van der Waals surface area (Å²) in [6.07, 6.45) is 2.31. The maximum absolute atomic E-state index is 9.99. The van der Waals surface area contributed by atoms with Gasteiger partial charge in [-0.15, -0.1) is 11.3 Å². The molecule has 1 aromatic heterocycles. The molecule has 1 unspecified atom stereocenters. The lowest BCUT2D eigenvalue weighted by molar-refractivity contribution is 0.168. The van der Waals surface area contributed by atoms with Gasteiger partial charge in [-0.3, -0.25) is 0 Å². The number of hydrogen-bond acceptors (Lipinski definition) is 2. The van der Waals surface area contributed by atoms with Crippen molar-refractivity contribution in [3.05, 3.63) is 57.2 Å². The van der Waals surface area contributed by atoms with Crippen molar-refractivity contribution >= 4 is 22.9 Å². The highest BCUT2D eigenvalue weighted by atomic mass is 35.5. The third-order valence-electron chi connectivity index (χ3n) is 2.73. The summed E-state index contributed by atoms with van der Waals surface area (Å²) in [4.78, 5) is 0.889. The predicted octanol–water partition coefficient (Wildman–Crippen LogP) is 4.46. The van der Waals surface area contributed by atoms with Crippen LogP contribution in [-0.4, -0.2) is 5.11 Å². The van der Waals surface area contributed by atoms with Crippen LogP contribution in [0.1, 0.15) is 29.4 Å². The Morgan fingerprint density at radius 2 is 1.94 bits per heavy atom. The third kappa shape index (κ3) is 3.56. The van der Waals surface area contributed by atoms with Crippen molar-refractivity contribution < 1.29 is 5.11 Å². The number of benzene rings is 1. The zero-order valence-corrected chi connectivity index (χ0v) is 11.0. The lowest BCUT2D eigenvalue weighted by Gasteiger charge is -2.09. The van der Waals surface area contributed by atoms with Crippen LogP contribution in [-0.2, 0) is 6.42 Å². The van der Waals surface area contributed by atoms with Gasteiger partial charge in [0.2, 0.25) is 0 Å². The molecule has 0 fully saturated rings. The molecule has 3 heteroatoms. The first-order chi connectivity index (χ1) is 8.27. The number of rotatable bonds is 5. The average molecular weight is 267 g/mol. The normalized spacial score (nSPS) is 12.6. The molecule has 90 valence electrons. The molecule has 0 aliphatic carbocycles. The smallest absolute Gasteiger partial charge is 0.0897 e. The zero-order valence-electron chi connectivity index (χ0n) is 9.47. The molecule has 1 aromatic carbocycles. The molecule has 2 aromatic rings. The fraction of sp³-hybridized carbons (Fsp3) is 0.286. The number of aliphatic hydroxyl groups is 1. The Morgan fingerprint density at radius 1 is 1.18 bits per heavy atom. The standard InChI is InChI=1S/C14H15ClOS/c15-12-9-10-17-14(12)13(16)8-4-7-11-5-2-1-3-6-11/h1-3,5-6,9-10,13,16H,4,7-8H2. The summed E-state index contributed by atoms with van der Waals surface area (Å²) < 4.78 is 0. The minimum Gasteiger partial charge on any atom is -0.388 e. The van der Waals surface area contributed by atoms with Gasteiger partial charge in [0.1, 0.15) is 0 Å². The average Bonchev–Trinajstić information content (AvgIpc) is 2.77. The van der Waals surface area contributed by atoms with Crippen LogP contribution in [0, 0.1) is 0 Å². The van der Waals surface area contributed by atoms with Gasteiger partial charge >= 0.3 is 0 Å². The molecule has 0 aliphatic rings. The van der Waals surface area contributed by atoms with Gasteiger partial charge in [0, 0.05) is 0 Å². The van der Waals surface area contributed by atoms with E-state index in [0.29, 0.717) is 5.02 Å². The Bertz CT molecular complexity index is 452. The Hall–Kier alpha value is -0.830. The fourth-order valence-electron chi connectivity index (χ4n) is 1.82. The lowest BCUT2D eigenvalue weighted by Crippen LogP contribution is -1.96. The van der Waals surface area contributed by atoms with E-state index in [9.17, 15) is 5.11 Å². The molecule has 2 rings (SSSR count). The number of hydrogen-bond donors (Lipinski definition) is 1. The van der Waals surface area contributed by atoms with Gasteiger partial charge in [-0.25, -0.2) is 0 Å². The van der Waals surface area contributed by atoms with Crippen molar-refractivity contribution in [2.45, 2.75) is 25.4 Å². The van der Waals surface area contributed by atoms with Gasteiger partial charge < -0.3 is 5.11 Å². The summed E-state index contributed by atoms with van der Waals surface area (Å²) in [5.41, 5.74) is 1.32. The maximum Gasteiger partial charge on any atom is 0.0897 e. The van der Waals surface area contributed by atoms with E-state index in [-0.39, 0.29) is 0 Å². The predicted molar refractivity (Wildman–Crippen MR) is 73.7 cm³/mol. The van der Waals surface area contributed by atoms with Crippen molar-refractivity contribution in [3.63, 3.8) is 0 Å². The molecule has 1 nitrogen and oxygen atoms in total. The zero-order chi connectivity index (χ0) is 12.1. The SMILES string of the molecule is OC(CCCc1ccccc1)c1sccc1Cl. The van der Waals surface area contributed by atoms with Gasteiger partial charge in [-0.05, 0) is 36.3 Å². The van der Waals surface area contributed by atoms with Gasteiger partial charge in [0.15, 0.2) is 0 Å². The second-order valence-corrected chi connectivity index (χ2v) is 5.38. The minimum atomic E-state index is -0.425. The molecule has 1 atom stereocenters. The third-order valence-corrected chi connectivity index (χ3v) is 4.19. The fourth-order valence-corrected chi connectivity index (χ4v) is 3.02. The molecule has 1 N–H and O–H groups in total. The van der Waals surface area contributed by atoms with Crippen LogP contribution in [0.5, 0.6) is 0 Å². The summed E-state index contributed by atoms with van der Waals surface area (Å²) in [5, 5.41) is 12.6. The van der Waals surface area contributed by atoms with Crippen LogP contribution in [0.2, 0.25) is 5.02 Å². The molecule has 0 amide bonds. The molecule has 1 heterocycles. The molecule has 17 heavy (non-hydrogen) atoms. The largest absolute Gasteiger partial charge is 0.388 e. The first kappa shape index (κ1) is 12.6. The summed E-state index contributed by atoms with van der Waals surface area (Å²) in [6, 6.07) is 12.2. The monoisotopic (exact) mass is 266 g/mol. The van der Waals surface area contributed by atoms with E-state index in [4.69, 9.17) is 11.6 Å². The molecule has 0 aliphatic heterocycles. The molecule has 0 radical (unpaired) electrons. The Balaban J connectivity index is 1.81. The van der Waals surface area contributed by atoms with E-state index in [1.807, 2.05) is 29.6 Å².